The van der Waals surface area contributed by atoms with Crippen molar-refractivity contribution in [1.29, 1.82) is 0 Å². The molecule has 0 radical (unpaired) electrons. The Balaban J connectivity index is 0.00000225. The van der Waals surface area contributed by atoms with E-state index in [1.54, 1.807) is 10.7 Å². The van der Waals surface area contributed by atoms with Crippen LogP contribution in [0.4, 0.5) is 4.39 Å². The van der Waals surface area contributed by atoms with Gasteiger partial charge in [-0.05, 0) is 31.4 Å². The molecule has 1 aromatic carbocycles. The number of aryl methyl sites for hydroxylation is 1. The average Bonchev–Trinajstić information content (AvgIpc) is 3.25. The predicted octanol–water partition coefficient (Wildman–Crippen LogP) is 2.96. The van der Waals surface area contributed by atoms with E-state index >= 15 is 0 Å². The number of rotatable bonds is 6. The Hall–Kier alpha value is -1.64. The third-order valence-corrected chi connectivity index (χ3v) is 4.42. The van der Waals surface area contributed by atoms with Gasteiger partial charge in [-0.3, -0.25) is 4.68 Å². The molecule has 136 valence electrons. The van der Waals surface area contributed by atoms with Gasteiger partial charge in [0.15, 0.2) is 5.96 Å². The molecule has 3 rings (SSSR count). The highest BCUT2D eigenvalue weighted by molar-refractivity contribution is 14.0. The quantitative estimate of drug-likeness (QED) is 0.399. The van der Waals surface area contributed by atoms with Gasteiger partial charge in [-0.15, -0.1) is 24.0 Å². The molecule has 0 spiro atoms. The van der Waals surface area contributed by atoms with Crippen molar-refractivity contribution in [1.82, 2.24) is 20.4 Å². The van der Waals surface area contributed by atoms with Crippen LogP contribution in [0.2, 0.25) is 0 Å². The zero-order valence-electron chi connectivity index (χ0n) is 14.6. The second kappa shape index (κ2) is 8.64. The zero-order valence-corrected chi connectivity index (χ0v) is 17.0. The molecule has 1 aromatic heterocycles. The van der Waals surface area contributed by atoms with Crippen molar-refractivity contribution in [3.05, 3.63) is 53.6 Å². The van der Waals surface area contributed by atoms with E-state index in [4.69, 9.17) is 0 Å². The van der Waals surface area contributed by atoms with E-state index in [2.05, 4.69) is 20.7 Å². The van der Waals surface area contributed by atoms with Crippen LogP contribution in [0, 0.1) is 5.82 Å². The highest BCUT2D eigenvalue weighted by Crippen LogP contribution is 2.48. The molecule has 0 saturated heterocycles. The first-order valence-corrected chi connectivity index (χ1v) is 8.38. The minimum absolute atomic E-state index is 0. The fraction of sp³-hybridized carbons (Fsp3) is 0.444. The second-order valence-electron chi connectivity index (χ2n) is 6.33. The molecule has 0 atom stereocenters. The van der Waals surface area contributed by atoms with Crippen molar-refractivity contribution in [2.24, 2.45) is 12.0 Å². The molecular weight excluding hydrogens is 432 g/mol. The molecule has 1 fully saturated rings. The zero-order chi connectivity index (χ0) is 17.0. The largest absolute Gasteiger partial charge is 0.357 e. The Bertz CT molecular complexity index is 724. The van der Waals surface area contributed by atoms with E-state index < -0.39 is 0 Å². The monoisotopic (exact) mass is 457 g/mol. The van der Waals surface area contributed by atoms with E-state index in [-0.39, 0.29) is 35.2 Å². The normalized spacial score (nSPS) is 15.4. The molecule has 1 aliphatic rings. The summed E-state index contributed by atoms with van der Waals surface area (Å²) in [6.07, 6.45) is 5.77. The molecule has 2 aromatic rings. The number of aliphatic imine (C=N–C) groups is 1. The average molecular weight is 457 g/mol. The third kappa shape index (κ3) is 4.93. The topological polar surface area (TPSA) is 54.2 Å². The van der Waals surface area contributed by atoms with Crippen LogP contribution in [0.5, 0.6) is 0 Å². The van der Waals surface area contributed by atoms with E-state index in [0.29, 0.717) is 13.1 Å². The lowest BCUT2D eigenvalue weighted by Crippen LogP contribution is -2.41. The van der Waals surface area contributed by atoms with Gasteiger partial charge in [0.05, 0.1) is 12.7 Å². The molecule has 1 saturated carbocycles. The Morgan fingerprint density at radius 2 is 2.08 bits per heavy atom. The van der Waals surface area contributed by atoms with Crippen LogP contribution < -0.4 is 10.6 Å². The summed E-state index contributed by atoms with van der Waals surface area (Å²) in [5.74, 6) is 0.637. The highest BCUT2D eigenvalue weighted by atomic mass is 127. The molecule has 7 heteroatoms. The molecule has 1 heterocycles. The van der Waals surface area contributed by atoms with Gasteiger partial charge in [0, 0.05) is 37.3 Å². The molecule has 0 bridgehead atoms. The first-order chi connectivity index (χ1) is 11.6. The van der Waals surface area contributed by atoms with Crippen LogP contribution in [0.25, 0.3) is 0 Å². The summed E-state index contributed by atoms with van der Waals surface area (Å²) in [5.41, 5.74) is 1.76. The van der Waals surface area contributed by atoms with Gasteiger partial charge in [0.25, 0.3) is 0 Å². The Labute approximate surface area is 165 Å². The molecule has 0 unspecified atom stereocenters. The molecule has 0 aliphatic heterocycles. The van der Waals surface area contributed by atoms with Crippen LogP contribution in [-0.2, 0) is 19.0 Å². The van der Waals surface area contributed by atoms with Crippen LogP contribution in [0.1, 0.15) is 30.9 Å². The van der Waals surface area contributed by atoms with Crippen molar-refractivity contribution in [3.63, 3.8) is 0 Å². The van der Waals surface area contributed by atoms with Gasteiger partial charge >= 0.3 is 0 Å². The van der Waals surface area contributed by atoms with Gasteiger partial charge in [-0.2, -0.15) is 5.10 Å². The van der Waals surface area contributed by atoms with Crippen molar-refractivity contribution in [2.45, 2.75) is 31.7 Å². The Morgan fingerprint density at radius 1 is 1.32 bits per heavy atom. The number of hydrogen-bond donors (Lipinski definition) is 2. The standard InChI is InChI=1S/C18H24FN5.HI/c1-3-20-17(21-10-14-11-23-24(2)12-14)22-13-18(8-9-18)15-6-4-5-7-16(15)19;/h4-7,11-12H,3,8-10,13H2,1-2H3,(H2,20,21,22);1H. The maximum Gasteiger partial charge on any atom is 0.191 e. The number of nitrogens with one attached hydrogen (secondary N) is 2. The lowest BCUT2D eigenvalue weighted by atomic mass is 9.95. The van der Waals surface area contributed by atoms with Gasteiger partial charge in [0.2, 0.25) is 0 Å². The molecule has 25 heavy (non-hydrogen) atoms. The summed E-state index contributed by atoms with van der Waals surface area (Å²) in [6, 6.07) is 7.07. The minimum Gasteiger partial charge on any atom is -0.357 e. The van der Waals surface area contributed by atoms with Gasteiger partial charge in [0.1, 0.15) is 5.82 Å². The maximum atomic E-state index is 14.1. The lowest BCUT2D eigenvalue weighted by molar-refractivity contribution is 0.559. The third-order valence-electron chi connectivity index (χ3n) is 4.42. The summed E-state index contributed by atoms with van der Waals surface area (Å²) in [7, 11) is 1.89. The minimum atomic E-state index is -0.117. The number of benzene rings is 1. The Kier molecular flexibility index (Phi) is 6.80. The van der Waals surface area contributed by atoms with Crippen LogP contribution in [0.3, 0.4) is 0 Å². The molecule has 5 nitrogen and oxygen atoms in total. The van der Waals surface area contributed by atoms with E-state index in [1.807, 2.05) is 38.5 Å². The fourth-order valence-electron chi connectivity index (χ4n) is 2.90. The summed E-state index contributed by atoms with van der Waals surface area (Å²) in [6.45, 7) is 4.07. The Morgan fingerprint density at radius 3 is 2.68 bits per heavy atom. The van der Waals surface area contributed by atoms with Crippen molar-refractivity contribution in [2.75, 3.05) is 13.1 Å². The summed E-state index contributed by atoms with van der Waals surface area (Å²) < 4.78 is 15.9. The van der Waals surface area contributed by atoms with Gasteiger partial charge in [-0.1, -0.05) is 18.2 Å². The van der Waals surface area contributed by atoms with Gasteiger partial charge < -0.3 is 10.6 Å². The number of hydrogen-bond acceptors (Lipinski definition) is 2. The second-order valence-corrected chi connectivity index (χ2v) is 6.33. The summed E-state index contributed by atoms with van der Waals surface area (Å²) in [5, 5.41) is 10.8. The van der Waals surface area contributed by atoms with Crippen molar-refractivity contribution >= 4 is 29.9 Å². The van der Waals surface area contributed by atoms with E-state index in [0.717, 1.165) is 36.5 Å². The van der Waals surface area contributed by atoms with E-state index in [1.165, 1.54) is 6.07 Å². The first kappa shape index (κ1) is 19.7. The van der Waals surface area contributed by atoms with Crippen molar-refractivity contribution < 1.29 is 4.39 Å². The van der Waals surface area contributed by atoms with Crippen LogP contribution >= 0.6 is 24.0 Å². The highest BCUT2D eigenvalue weighted by Gasteiger charge is 2.45. The summed E-state index contributed by atoms with van der Waals surface area (Å²) >= 11 is 0. The predicted molar refractivity (Wildman–Crippen MR) is 109 cm³/mol. The molecule has 0 amide bonds. The SMILES string of the molecule is CCNC(=NCc1cnn(C)c1)NCC1(c2ccccc2F)CC1.I. The summed E-state index contributed by atoms with van der Waals surface area (Å²) in [4.78, 5) is 4.59. The van der Waals surface area contributed by atoms with E-state index in [9.17, 15) is 4.39 Å². The van der Waals surface area contributed by atoms with Crippen LogP contribution in [-0.4, -0.2) is 28.8 Å². The smallest absolute Gasteiger partial charge is 0.191 e. The number of halogens is 2. The molecule has 1 aliphatic carbocycles. The maximum absolute atomic E-state index is 14.1. The fourth-order valence-corrected chi connectivity index (χ4v) is 2.90. The first-order valence-electron chi connectivity index (χ1n) is 8.38. The number of guanidine groups is 1. The molecular formula is C18H25FIN5. The lowest BCUT2D eigenvalue weighted by Gasteiger charge is -2.19. The van der Waals surface area contributed by atoms with Crippen LogP contribution in [0.15, 0.2) is 41.7 Å². The molecule has 2 N–H and O–H groups in total. The number of nitrogens with zero attached hydrogens (tertiary/aromatic N) is 3. The van der Waals surface area contributed by atoms with Crippen molar-refractivity contribution in [3.8, 4) is 0 Å². The van der Waals surface area contributed by atoms with Gasteiger partial charge in [-0.25, -0.2) is 9.38 Å². The number of aromatic nitrogens is 2.